The van der Waals surface area contributed by atoms with Gasteiger partial charge in [0.25, 0.3) is 5.91 Å². The average molecular weight is 645 g/mol. The van der Waals surface area contributed by atoms with Crippen molar-refractivity contribution in [3.05, 3.63) is 35.5 Å². The first-order valence-electron chi connectivity index (χ1n) is 16.6. The number of carbonyl (C=O) groups is 3. The van der Waals surface area contributed by atoms with E-state index >= 15 is 0 Å². The number of benzene rings is 1. The molecule has 11 nitrogen and oxygen atoms in total. The van der Waals surface area contributed by atoms with Crippen molar-refractivity contribution in [1.29, 1.82) is 0 Å². The van der Waals surface area contributed by atoms with Gasteiger partial charge in [0.05, 0.1) is 26.4 Å². The number of aryl methyl sites for hydroxylation is 1. The number of methoxy groups -OCH3 is 1. The Morgan fingerprint density at radius 3 is 2.67 bits per heavy atom. The molecule has 0 bridgehead atoms. The second-order valence-corrected chi connectivity index (χ2v) is 13.6. The zero-order valence-electron chi connectivity index (χ0n) is 29.2. The third-order valence-corrected chi connectivity index (χ3v) is 8.68. The molecule has 2 amide bonds. The number of nitrogens with one attached hydrogen (secondary N) is 2. The van der Waals surface area contributed by atoms with Crippen LogP contribution in [0.15, 0.2) is 24.4 Å². The van der Waals surface area contributed by atoms with Gasteiger partial charge in [-0.1, -0.05) is 6.92 Å². The first-order valence-corrected chi connectivity index (χ1v) is 16.6. The van der Waals surface area contributed by atoms with Crippen LogP contribution in [0.25, 0.3) is 10.9 Å². The van der Waals surface area contributed by atoms with E-state index < -0.39 is 11.7 Å². The summed E-state index contributed by atoms with van der Waals surface area (Å²) < 4.78 is 21.5. The number of aromatic amines is 1. The molecule has 258 valence electrons. The van der Waals surface area contributed by atoms with Crippen LogP contribution < -0.4 is 5.32 Å². The summed E-state index contributed by atoms with van der Waals surface area (Å²) >= 11 is 0. The van der Waals surface area contributed by atoms with E-state index in [9.17, 15) is 14.4 Å². The lowest BCUT2D eigenvalue weighted by Crippen LogP contribution is -2.56. The first kappa shape index (κ1) is 37.3. The molecule has 2 aliphatic heterocycles. The molecule has 2 aliphatic rings. The van der Waals surface area contributed by atoms with E-state index in [2.05, 4.69) is 29.0 Å². The van der Waals surface area contributed by atoms with Gasteiger partial charge in [-0.15, -0.1) is 0 Å². The molecule has 46 heavy (non-hydrogen) atoms. The Labute approximate surface area is 274 Å². The van der Waals surface area contributed by atoms with E-state index in [4.69, 9.17) is 18.9 Å². The molecule has 2 N–H and O–H groups in total. The number of carbonyl (C=O) groups excluding carboxylic acids is 3. The van der Waals surface area contributed by atoms with Gasteiger partial charge in [0, 0.05) is 54.9 Å². The number of esters is 1. The third-order valence-electron chi connectivity index (χ3n) is 8.68. The molecule has 1 aromatic heterocycles. The van der Waals surface area contributed by atoms with Gasteiger partial charge in [-0.3, -0.25) is 9.69 Å². The second-order valence-electron chi connectivity index (χ2n) is 13.6. The van der Waals surface area contributed by atoms with Crippen molar-refractivity contribution in [2.24, 2.45) is 0 Å². The van der Waals surface area contributed by atoms with Gasteiger partial charge in [0.15, 0.2) is 6.10 Å². The molecule has 0 radical (unpaired) electrons. The lowest BCUT2D eigenvalue weighted by molar-refractivity contribution is -0.163. The molecule has 2 aromatic rings. The van der Waals surface area contributed by atoms with E-state index in [-0.39, 0.29) is 29.6 Å². The van der Waals surface area contributed by atoms with Gasteiger partial charge in [-0.2, -0.15) is 0 Å². The fraction of sp³-hybridized carbons (Fsp3) is 0.686. The number of rotatable bonds is 10. The quantitative estimate of drug-likeness (QED) is 0.259. The summed E-state index contributed by atoms with van der Waals surface area (Å²) in [4.78, 5) is 43.2. The normalized spacial score (nSPS) is 22.0. The minimum Gasteiger partial charge on any atom is -0.467 e. The van der Waals surface area contributed by atoms with Crippen LogP contribution in [-0.2, 0) is 23.7 Å². The van der Waals surface area contributed by atoms with Crippen LogP contribution in [0.3, 0.4) is 0 Å². The summed E-state index contributed by atoms with van der Waals surface area (Å²) in [5.41, 5.74) is 2.36. The highest BCUT2D eigenvalue weighted by Gasteiger charge is 2.35. The number of hydrogen-bond donors (Lipinski definition) is 2. The molecule has 3 atom stereocenters. The summed E-state index contributed by atoms with van der Waals surface area (Å²) in [5, 5.41) is 4.01. The van der Waals surface area contributed by atoms with Gasteiger partial charge >= 0.3 is 12.1 Å². The SMILES string of the molecule is CCN1CCOC[C@]1(C)CCN(C)C(=O)OC(C)(C)C.COC(=O)C1CCC[C@H](CCCNC(=O)c2cc(C)c3[nH]ccc3c2)O1. The van der Waals surface area contributed by atoms with Crippen molar-refractivity contribution >= 4 is 28.9 Å². The fourth-order valence-corrected chi connectivity index (χ4v) is 5.98. The summed E-state index contributed by atoms with van der Waals surface area (Å²) in [6.07, 6.45) is 6.40. The highest BCUT2D eigenvalue weighted by atomic mass is 16.6. The zero-order valence-corrected chi connectivity index (χ0v) is 29.2. The maximum Gasteiger partial charge on any atom is 0.410 e. The van der Waals surface area contributed by atoms with Crippen LogP contribution in [0.5, 0.6) is 0 Å². The van der Waals surface area contributed by atoms with E-state index in [1.54, 1.807) is 11.9 Å². The van der Waals surface area contributed by atoms with Crippen LogP contribution in [0.4, 0.5) is 4.79 Å². The van der Waals surface area contributed by atoms with E-state index in [1.807, 2.05) is 52.1 Å². The van der Waals surface area contributed by atoms with Crippen LogP contribution in [-0.4, -0.2) is 110 Å². The molecule has 4 rings (SSSR count). The summed E-state index contributed by atoms with van der Waals surface area (Å²) in [5.74, 6) is -0.355. The number of likely N-dealkylation sites (N-methyl/N-ethyl adjacent to an activating group) is 1. The van der Waals surface area contributed by atoms with Crippen molar-refractivity contribution in [2.75, 3.05) is 53.6 Å². The Kier molecular flexibility index (Phi) is 13.9. The Balaban J connectivity index is 0.000000260. The van der Waals surface area contributed by atoms with E-state index in [0.717, 1.165) is 81.3 Å². The fourth-order valence-electron chi connectivity index (χ4n) is 5.98. The number of amides is 2. The first-order chi connectivity index (χ1) is 21.8. The van der Waals surface area contributed by atoms with Gasteiger partial charge in [0.2, 0.25) is 0 Å². The number of H-pyrrole nitrogens is 1. The average Bonchev–Trinajstić information content (AvgIpc) is 3.51. The predicted molar refractivity (Wildman–Crippen MR) is 179 cm³/mol. The number of hydrogen-bond acceptors (Lipinski definition) is 8. The minimum absolute atomic E-state index is 0.00325. The van der Waals surface area contributed by atoms with Crippen molar-refractivity contribution in [1.82, 2.24) is 20.1 Å². The van der Waals surface area contributed by atoms with Crippen molar-refractivity contribution < 1.29 is 33.3 Å². The number of morpholine rings is 1. The molecule has 0 spiro atoms. The Morgan fingerprint density at radius 1 is 1.22 bits per heavy atom. The molecule has 1 aromatic carbocycles. The predicted octanol–water partition coefficient (Wildman–Crippen LogP) is 5.45. The van der Waals surface area contributed by atoms with Gasteiger partial charge in [0.1, 0.15) is 5.60 Å². The van der Waals surface area contributed by atoms with Gasteiger partial charge in [-0.25, -0.2) is 9.59 Å². The lowest BCUT2D eigenvalue weighted by atomic mass is 9.95. The molecule has 0 saturated carbocycles. The van der Waals surface area contributed by atoms with Gasteiger partial charge < -0.3 is 34.1 Å². The molecule has 11 heteroatoms. The number of nitrogens with zero attached hydrogens (tertiary/aromatic N) is 2. The smallest absolute Gasteiger partial charge is 0.410 e. The van der Waals surface area contributed by atoms with Crippen molar-refractivity contribution in [2.45, 2.75) is 103 Å². The van der Waals surface area contributed by atoms with Gasteiger partial charge in [-0.05, 0) is 103 Å². The molecular weight excluding hydrogens is 588 g/mol. The molecule has 2 fully saturated rings. The van der Waals surface area contributed by atoms with Crippen LogP contribution in [0.1, 0.15) is 89.1 Å². The highest BCUT2D eigenvalue weighted by molar-refractivity contribution is 5.99. The largest absolute Gasteiger partial charge is 0.467 e. The Morgan fingerprint density at radius 2 is 1.98 bits per heavy atom. The molecule has 3 heterocycles. The molecule has 2 saturated heterocycles. The van der Waals surface area contributed by atoms with Crippen LogP contribution >= 0.6 is 0 Å². The summed E-state index contributed by atoms with van der Waals surface area (Å²) in [6.45, 7) is 16.8. The number of aromatic nitrogens is 1. The van der Waals surface area contributed by atoms with E-state index in [1.165, 1.54) is 7.11 Å². The summed E-state index contributed by atoms with van der Waals surface area (Å²) in [7, 11) is 3.18. The molecule has 0 aliphatic carbocycles. The minimum atomic E-state index is -0.446. The highest BCUT2D eigenvalue weighted by Crippen LogP contribution is 2.25. The topological polar surface area (TPSA) is 122 Å². The number of fused-ring (bicyclic) bond motifs is 1. The summed E-state index contributed by atoms with van der Waals surface area (Å²) in [6, 6.07) is 5.77. The maximum absolute atomic E-state index is 12.4. The second kappa shape index (κ2) is 17.1. The maximum atomic E-state index is 12.4. The molecular formula is C35H56N4O7. The van der Waals surface area contributed by atoms with Crippen molar-refractivity contribution in [3.63, 3.8) is 0 Å². The van der Waals surface area contributed by atoms with Crippen molar-refractivity contribution in [3.8, 4) is 0 Å². The lowest BCUT2D eigenvalue weighted by Gasteiger charge is -2.44. The van der Waals surface area contributed by atoms with Crippen LogP contribution in [0, 0.1) is 6.92 Å². The Hall–Kier alpha value is -3.15. The monoisotopic (exact) mass is 644 g/mol. The van der Waals surface area contributed by atoms with Crippen LogP contribution in [0.2, 0.25) is 0 Å². The Bertz CT molecular complexity index is 1290. The third kappa shape index (κ3) is 11.0. The standard InChI is InChI=1S/C20H26N2O4.C15H30N2O3/c1-13-11-15(12-14-8-10-21-18(13)14)19(23)22-9-4-6-16-5-3-7-17(26-16)20(24)25-2;1-7-17-10-11-19-12-15(17,5)8-9-16(6)13(18)20-14(2,3)4/h8,10-12,16-17,21H,3-7,9H2,1-2H3,(H,22,23);7-12H2,1-6H3/t16-,17?;15-/m10/s1. The molecule has 1 unspecified atom stereocenters. The van der Waals surface area contributed by atoms with E-state index in [0.29, 0.717) is 18.7 Å². The number of ether oxygens (including phenoxy) is 4. The zero-order chi connectivity index (χ0) is 33.9.